The van der Waals surface area contributed by atoms with Crippen molar-refractivity contribution in [1.29, 1.82) is 0 Å². The van der Waals surface area contributed by atoms with Gasteiger partial charge in [0.1, 0.15) is 6.04 Å². The summed E-state index contributed by atoms with van der Waals surface area (Å²) in [5, 5.41) is 3.86. The van der Waals surface area contributed by atoms with Gasteiger partial charge in [0.2, 0.25) is 11.8 Å². The van der Waals surface area contributed by atoms with E-state index in [0.29, 0.717) is 23.0 Å². The molecule has 0 saturated heterocycles. The largest absolute Gasteiger partial charge is 0.350 e. The molecule has 6 heteroatoms. The van der Waals surface area contributed by atoms with Gasteiger partial charge in [0, 0.05) is 12.1 Å². The molecule has 0 heterocycles. The number of nitrogens with zero attached hydrogens (tertiary/aromatic N) is 1. The standard InChI is InChI=1S/C24H30Cl2N2O2/c1-6-21(23(30)27-24(3,4)5)28(15-18-9-7-8-16(2)12-18)22(29)14-17-10-11-19(25)20(26)13-17/h7-13,21H,6,14-15H2,1-5H3,(H,27,30). The average Bonchev–Trinajstić information content (AvgIpc) is 2.63. The molecule has 1 unspecified atom stereocenters. The van der Waals surface area contributed by atoms with Gasteiger partial charge in [-0.3, -0.25) is 9.59 Å². The molecule has 2 aromatic rings. The summed E-state index contributed by atoms with van der Waals surface area (Å²) < 4.78 is 0. The summed E-state index contributed by atoms with van der Waals surface area (Å²) in [7, 11) is 0. The van der Waals surface area contributed by atoms with Crippen molar-refractivity contribution in [2.45, 2.75) is 65.6 Å². The van der Waals surface area contributed by atoms with Crippen LogP contribution in [0.4, 0.5) is 0 Å². The van der Waals surface area contributed by atoms with E-state index < -0.39 is 6.04 Å². The van der Waals surface area contributed by atoms with Gasteiger partial charge in [-0.05, 0) is 57.4 Å². The van der Waals surface area contributed by atoms with E-state index in [1.807, 2.05) is 58.9 Å². The van der Waals surface area contributed by atoms with Crippen LogP contribution in [0.2, 0.25) is 10.0 Å². The van der Waals surface area contributed by atoms with Crippen LogP contribution in [-0.2, 0) is 22.6 Å². The van der Waals surface area contributed by atoms with Crippen molar-refractivity contribution in [1.82, 2.24) is 10.2 Å². The molecule has 0 aliphatic heterocycles. The fourth-order valence-corrected chi connectivity index (χ4v) is 3.63. The third-order valence-corrected chi connectivity index (χ3v) is 5.40. The number of hydrogen-bond acceptors (Lipinski definition) is 2. The number of hydrogen-bond donors (Lipinski definition) is 1. The minimum Gasteiger partial charge on any atom is -0.350 e. The molecule has 0 bridgehead atoms. The molecule has 162 valence electrons. The van der Waals surface area contributed by atoms with E-state index in [1.165, 1.54) is 0 Å². The second-order valence-corrected chi connectivity index (χ2v) is 9.41. The minimum atomic E-state index is -0.569. The molecule has 0 saturated carbocycles. The Morgan fingerprint density at radius 2 is 1.73 bits per heavy atom. The van der Waals surface area contributed by atoms with Crippen LogP contribution in [0.25, 0.3) is 0 Å². The number of rotatable bonds is 7. The zero-order chi connectivity index (χ0) is 22.5. The van der Waals surface area contributed by atoms with E-state index in [1.54, 1.807) is 23.1 Å². The maximum Gasteiger partial charge on any atom is 0.243 e. The van der Waals surface area contributed by atoms with E-state index in [4.69, 9.17) is 23.2 Å². The first-order valence-electron chi connectivity index (χ1n) is 10.1. The number of nitrogens with one attached hydrogen (secondary N) is 1. The monoisotopic (exact) mass is 448 g/mol. The van der Waals surface area contributed by atoms with Gasteiger partial charge < -0.3 is 10.2 Å². The van der Waals surface area contributed by atoms with Crippen LogP contribution >= 0.6 is 23.2 Å². The highest BCUT2D eigenvalue weighted by Crippen LogP contribution is 2.24. The van der Waals surface area contributed by atoms with Crippen molar-refractivity contribution in [3.05, 3.63) is 69.2 Å². The zero-order valence-corrected chi connectivity index (χ0v) is 19.8. The third-order valence-electron chi connectivity index (χ3n) is 4.66. The molecule has 2 rings (SSSR count). The molecule has 0 spiro atoms. The fraction of sp³-hybridized carbons (Fsp3) is 0.417. The Labute approximate surface area is 189 Å². The molecule has 0 radical (unpaired) electrons. The summed E-state index contributed by atoms with van der Waals surface area (Å²) in [6, 6.07) is 12.6. The number of carbonyl (C=O) groups is 2. The second kappa shape index (κ2) is 10.3. The summed E-state index contributed by atoms with van der Waals surface area (Å²) in [4.78, 5) is 28.0. The van der Waals surface area contributed by atoms with Crippen molar-refractivity contribution in [2.24, 2.45) is 0 Å². The number of aryl methyl sites for hydroxylation is 1. The van der Waals surface area contributed by atoms with E-state index in [2.05, 4.69) is 5.32 Å². The third kappa shape index (κ3) is 7.03. The lowest BCUT2D eigenvalue weighted by Crippen LogP contribution is -2.53. The maximum absolute atomic E-state index is 13.3. The Morgan fingerprint density at radius 1 is 1.03 bits per heavy atom. The van der Waals surface area contributed by atoms with Crippen molar-refractivity contribution < 1.29 is 9.59 Å². The molecule has 0 aliphatic carbocycles. The SMILES string of the molecule is CCC(C(=O)NC(C)(C)C)N(Cc1cccc(C)c1)C(=O)Cc1ccc(Cl)c(Cl)c1. The molecule has 1 atom stereocenters. The van der Waals surface area contributed by atoms with Crippen LogP contribution in [0.5, 0.6) is 0 Å². The zero-order valence-electron chi connectivity index (χ0n) is 18.3. The van der Waals surface area contributed by atoms with Gasteiger partial charge in [0.05, 0.1) is 16.5 Å². The second-order valence-electron chi connectivity index (χ2n) is 8.60. The Hall–Kier alpha value is -2.04. The van der Waals surface area contributed by atoms with Crippen molar-refractivity contribution in [3.63, 3.8) is 0 Å². The van der Waals surface area contributed by atoms with Crippen LogP contribution < -0.4 is 5.32 Å². The normalized spacial score (nSPS) is 12.4. The van der Waals surface area contributed by atoms with Crippen molar-refractivity contribution in [3.8, 4) is 0 Å². The van der Waals surface area contributed by atoms with Crippen LogP contribution in [0.1, 0.15) is 50.8 Å². The maximum atomic E-state index is 13.3. The highest BCUT2D eigenvalue weighted by molar-refractivity contribution is 6.42. The molecule has 0 fully saturated rings. The number of carbonyl (C=O) groups excluding carboxylic acids is 2. The first-order valence-corrected chi connectivity index (χ1v) is 10.9. The summed E-state index contributed by atoms with van der Waals surface area (Å²) >= 11 is 12.1. The quantitative estimate of drug-likeness (QED) is 0.601. The van der Waals surface area contributed by atoms with E-state index >= 15 is 0 Å². The van der Waals surface area contributed by atoms with Gasteiger partial charge >= 0.3 is 0 Å². The molecule has 0 aromatic heterocycles. The van der Waals surface area contributed by atoms with Gasteiger partial charge in [-0.2, -0.15) is 0 Å². The smallest absolute Gasteiger partial charge is 0.243 e. The van der Waals surface area contributed by atoms with Crippen LogP contribution in [0, 0.1) is 6.92 Å². The van der Waals surface area contributed by atoms with Crippen molar-refractivity contribution in [2.75, 3.05) is 0 Å². The molecule has 2 aromatic carbocycles. The predicted octanol–water partition coefficient (Wildman–Crippen LogP) is 5.57. The Kier molecular flexibility index (Phi) is 8.34. The summed E-state index contributed by atoms with van der Waals surface area (Å²) in [6.07, 6.45) is 0.656. The highest BCUT2D eigenvalue weighted by atomic mass is 35.5. The number of amides is 2. The topological polar surface area (TPSA) is 49.4 Å². The highest BCUT2D eigenvalue weighted by Gasteiger charge is 2.30. The lowest BCUT2D eigenvalue weighted by Gasteiger charge is -2.33. The summed E-state index contributed by atoms with van der Waals surface area (Å²) in [6.45, 7) is 10.1. The molecule has 0 aliphatic rings. The minimum absolute atomic E-state index is 0.134. The lowest BCUT2D eigenvalue weighted by atomic mass is 10.0. The first-order chi connectivity index (χ1) is 14.0. The summed E-state index contributed by atoms with van der Waals surface area (Å²) in [5.41, 5.74) is 2.47. The molecular formula is C24H30Cl2N2O2. The Morgan fingerprint density at radius 3 is 2.30 bits per heavy atom. The number of halogens is 2. The molecule has 30 heavy (non-hydrogen) atoms. The van der Waals surface area contributed by atoms with Gasteiger partial charge in [-0.25, -0.2) is 0 Å². The van der Waals surface area contributed by atoms with Crippen LogP contribution in [-0.4, -0.2) is 28.3 Å². The Balaban J connectivity index is 2.33. The van der Waals surface area contributed by atoms with Crippen LogP contribution in [0.3, 0.4) is 0 Å². The first kappa shape index (κ1) is 24.2. The molecular weight excluding hydrogens is 419 g/mol. The fourth-order valence-electron chi connectivity index (χ4n) is 3.31. The average molecular weight is 449 g/mol. The molecule has 2 amide bonds. The Bertz CT molecular complexity index is 906. The molecule has 1 N–H and O–H groups in total. The van der Waals surface area contributed by atoms with Gasteiger partial charge in [0.15, 0.2) is 0 Å². The van der Waals surface area contributed by atoms with E-state index in [-0.39, 0.29) is 23.8 Å². The van der Waals surface area contributed by atoms with Gasteiger partial charge in [-0.15, -0.1) is 0 Å². The van der Waals surface area contributed by atoms with Crippen LogP contribution in [0.15, 0.2) is 42.5 Å². The van der Waals surface area contributed by atoms with Gasteiger partial charge in [-0.1, -0.05) is 66.0 Å². The van der Waals surface area contributed by atoms with E-state index in [0.717, 1.165) is 16.7 Å². The van der Waals surface area contributed by atoms with E-state index in [9.17, 15) is 9.59 Å². The lowest BCUT2D eigenvalue weighted by molar-refractivity contribution is -0.141. The predicted molar refractivity (Wildman–Crippen MR) is 124 cm³/mol. The van der Waals surface area contributed by atoms with Crippen molar-refractivity contribution >= 4 is 35.0 Å². The van der Waals surface area contributed by atoms with Gasteiger partial charge in [0.25, 0.3) is 0 Å². The summed E-state index contributed by atoms with van der Waals surface area (Å²) in [5.74, 6) is -0.286. The number of benzene rings is 2. The molecule has 4 nitrogen and oxygen atoms in total.